The Morgan fingerprint density at radius 1 is 1.14 bits per heavy atom. The van der Waals surface area contributed by atoms with Crippen LogP contribution in [0.15, 0.2) is 58.2 Å². The first-order chi connectivity index (χ1) is 13.6. The molecule has 3 aromatic rings. The number of rotatable bonds is 6. The molecule has 2 N–H and O–H groups in total. The maximum absolute atomic E-state index is 6.20. The minimum Gasteiger partial charge on any atom is -0.411 e. The molecule has 1 aliphatic heterocycles. The van der Waals surface area contributed by atoms with E-state index >= 15 is 0 Å². The van der Waals surface area contributed by atoms with E-state index in [0.717, 1.165) is 17.9 Å². The summed E-state index contributed by atoms with van der Waals surface area (Å²) in [5.41, 5.74) is 4.50. The van der Waals surface area contributed by atoms with E-state index in [1.54, 1.807) is 11.8 Å². The molecule has 28 heavy (non-hydrogen) atoms. The van der Waals surface area contributed by atoms with Gasteiger partial charge < -0.3 is 19.4 Å². The van der Waals surface area contributed by atoms with Gasteiger partial charge in [-0.25, -0.2) is 0 Å². The Balaban J connectivity index is 1.31. The lowest BCUT2D eigenvalue weighted by atomic mass is 10.1. The molecule has 4 rings (SSSR count). The second-order valence-electron chi connectivity index (χ2n) is 7.19. The van der Waals surface area contributed by atoms with Gasteiger partial charge in [0.1, 0.15) is 12.6 Å². The van der Waals surface area contributed by atoms with Gasteiger partial charge in [0.15, 0.2) is 0 Å². The molecule has 0 saturated carbocycles. The van der Waals surface area contributed by atoms with Crippen molar-refractivity contribution >= 4 is 17.4 Å². The average Bonchev–Trinajstić information content (AvgIpc) is 3.36. The van der Waals surface area contributed by atoms with E-state index in [-0.39, 0.29) is 12.3 Å². The van der Waals surface area contributed by atoms with Crippen LogP contribution in [0, 0.1) is 6.92 Å². The lowest BCUT2D eigenvalue weighted by Crippen LogP contribution is -2.82. The molecule has 1 saturated heterocycles. The normalized spacial score (nSPS) is 19.1. The third kappa shape index (κ3) is 4.38. The molecule has 0 radical (unpaired) electrons. The van der Waals surface area contributed by atoms with Gasteiger partial charge in [0.25, 0.3) is 5.22 Å². The summed E-state index contributed by atoms with van der Waals surface area (Å²) < 4.78 is 12.0. The average molecular weight is 398 g/mol. The van der Waals surface area contributed by atoms with Gasteiger partial charge in [-0.2, -0.15) is 0 Å². The predicted octanol–water partition coefficient (Wildman–Crippen LogP) is 2.86. The Morgan fingerprint density at radius 3 is 2.71 bits per heavy atom. The van der Waals surface area contributed by atoms with Gasteiger partial charge >= 0.3 is 0 Å². The molecule has 146 valence electrons. The van der Waals surface area contributed by atoms with Crippen molar-refractivity contribution in [2.24, 2.45) is 0 Å². The van der Waals surface area contributed by atoms with E-state index in [1.165, 1.54) is 16.8 Å². The highest BCUT2D eigenvalue weighted by molar-refractivity contribution is 7.99. The number of anilines is 1. The van der Waals surface area contributed by atoms with Crippen molar-refractivity contribution < 1.29 is 14.5 Å². The van der Waals surface area contributed by atoms with Gasteiger partial charge in [-0.1, -0.05) is 29.5 Å². The quantitative estimate of drug-likeness (QED) is 0.645. The summed E-state index contributed by atoms with van der Waals surface area (Å²) in [6.45, 7) is 2.97. The van der Waals surface area contributed by atoms with Crippen LogP contribution in [-0.2, 0) is 4.74 Å². The first-order valence-corrected chi connectivity index (χ1v) is 10.4. The van der Waals surface area contributed by atoms with Crippen molar-refractivity contribution in [1.29, 1.82) is 0 Å². The van der Waals surface area contributed by atoms with E-state index < -0.39 is 0 Å². The standard InChI is InChI=1S/C21H24N4O2S/c1-14-5-4-6-16(11-14)20-23-24-21(27-20)28-13-18-12-22-19(26-18)15-7-9-17(10-8-15)25(2)3/h4-11,18-19,22H,12-13H2,1-3H3/p+1/t18-,19-/m0/s1. The summed E-state index contributed by atoms with van der Waals surface area (Å²) in [7, 11) is 4.09. The summed E-state index contributed by atoms with van der Waals surface area (Å²) >= 11 is 1.55. The zero-order valence-corrected chi connectivity index (χ0v) is 17.1. The van der Waals surface area contributed by atoms with Gasteiger partial charge in [0.05, 0.1) is 0 Å². The zero-order chi connectivity index (χ0) is 19.5. The smallest absolute Gasteiger partial charge is 0.276 e. The molecule has 2 aromatic carbocycles. The van der Waals surface area contributed by atoms with Gasteiger partial charge in [0, 0.05) is 36.7 Å². The Labute approximate surface area is 169 Å². The third-order valence-electron chi connectivity index (χ3n) is 4.75. The maximum atomic E-state index is 6.20. The number of ether oxygens (including phenoxy) is 1. The van der Waals surface area contributed by atoms with Gasteiger partial charge in [-0.05, 0) is 43.3 Å². The first-order valence-electron chi connectivity index (χ1n) is 9.38. The Hall–Kier alpha value is -2.35. The van der Waals surface area contributed by atoms with Crippen LogP contribution in [0.25, 0.3) is 11.5 Å². The molecule has 1 aromatic heterocycles. The molecule has 6 nitrogen and oxygen atoms in total. The van der Waals surface area contributed by atoms with Crippen LogP contribution in [0.3, 0.4) is 0 Å². The van der Waals surface area contributed by atoms with E-state index in [1.807, 2.05) is 45.3 Å². The van der Waals surface area contributed by atoms with Crippen LogP contribution in [0.1, 0.15) is 17.4 Å². The minimum absolute atomic E-state index is 0.0485. The molecule has 0 spiro atoms. The van der Waals surface area contributed by atoms with Crippen molar-refractivity contribution in [2.75, 3.05) is 31.3 Å². The fourth-order valence-corrected chi connectivity index (χ4v) is 3.98. The first kappa shape index (κ1) is 19.0. The van der Waals surface area contributed by atoms with Crippen LogP contribution in [0.5, 0.6) is 0 Å². The fraction of sp³-hybridized carbons (Fsp3) is 0.333. The number of thioether (sulfide) groups is 1. The van der Waals surface area contributed by atoms with Crippen molar-refractivity contribution in [3.63, 3.8) is 0 Å². The number of quaternary nitrogens is 1. The molecule has 0 aliphatic carbocycles. The molecule has 0 unspecified atom stereocenters. The highest BCUT2D eigenvalue weighted by Gasteiger charge is 2.30. The zero-order valence-electron chi connectivity index (χ0n) is 16.3. The largest absolute Gasteiger partial charge is 0.411 e. The molecule has 7 heteroatoms. The van der Waals surface area contributed by atoms with Crippen LogP contribution in [0.2, 0.25) is 0 Å². The predicted molar refractivity (Wildman–Crippen MR) is 110 cm³/mol. The summed E-state index contributed by atoms with van der Waals surface area (Å²) in [6.07, 6.45) is 0.199. The summed E-state index contributed by atoms with van der Waals surface area (Å²) in [4.78, 5) is 2.10. The van der Waals surface area contributed by atoms with Gasteiger partial charge in [0.2, 0.25) is 12.1 Å². The molecule has 0 amide bonds. The van der Waals surface area contributed by atoms with E-state index in [9.17, 15) is 0 Å². The van der Waals surface area contributed by atoms with E-state index in [0.29, 0.717) is 11.1 Å². The maximum Gasteiger partial charge on any atom is 0.276 e. The second kappa shape index (κ2) is 8.34. The Kier molecular flexibility index (Phi) is 5.66. The van der Waals surface area contributed by atoms with Gasteiger partial charge in [-0.15, -0.1) is 10.2 Å². The molecule has 0 bridgehead atoms. The highest BCUT2D eigenvalue weighted by Crippen LogP contribution is 2.26. The molecular formula is C21H25N4O2S+. The van der Waals surface area contributed by atoms with Crippen LogP contribution >= 0.6 is 11.8 Å². The molecule has 1 aliphatic rings. The third-order valence-corrected chi connectivity index (χ3v) is 5.70. The summed E-state index contributed by atoms with van der Waals surface area (Å²) in [5.74, 6) is 1.35. The number of hydrogen-bond acceptors (Lipinski definition) is 6. The number of aryl methyl sites for hydroxylation is 1. The Morgan fingerprint density at radius 2 is 1.96 bits per heavy atom. The fourth-order valence-electron chi connectivity index (χ4n) is 3.21. The lowest BCUT2D eigenvalue weighted by molar-refractivity contribution is -0.697. The molecule has 2 heterocycles. The topological polar surface area (TPSA) is 68.0 Å². The Bertz CT molecular complexity index is 926. The summed E-state index contributed by atoms with van der Waals surface area (Å²) in [6, 6.07) is 16.6. The monoisotopic (exact) mass is 397 g/mol. The lowest BCUT2D eigenvalue weighted by Gasteiger charge is -2.14. The molecule has 2 atom stereocenters. The second-order valence-corrected chi connectivity index (χ2v) is 8.16. The number of benzene rings is 2. The number of nitrogens with zero attached hydrogens (tertiary/aromatic N) is 3. The van der Waals surface area contributed by atoms with Crippen LogP contribution in [0.4, 0.5) is 5.69 Å². The van der Waals surface area contributed by atoms with E-state index in [4.69, 9.17) is 9.15 Å². The summed E-state index contributed by atoms with van der Waals surface area (Å²) in [5, 5.41) is 11.2. The van der Waals surface area contributed by atoms with Crippen molar-refractivity contribution in [2.45, 2.75) is 24.5 Å². The molecule has 1 fully saturated rings. The minimum atomic E-state index is 0.0485. The van der Waals surface area contributed by atoms with Crippen LogP contribution < -0.4 is 10.2 Å². The number of nitrogens with two attached hydrogens (primary N) is 1. The highest BCUT2D eigenvalue weighted by atomic mass is 32.2. The molecular weight excluding hydrogens is 372 g/mol. The van der Waals surface area contributed by atoms with E-state index in [2.05, 4.69) is 44.7 Å². The van der Waals surface area contributed by atoms with Crippen molar-refractivity contribution in [1.82, 2.24) is 10.2 Å². The van der Waals surface area contributed by atoms with Crippen molar-refractivity contribution in [3.8, 4) is 11.5 Å². The van der Waals surface area contributed by atoms with Crippen LogP contribution in [-0.4, -0.2) is 42.7 Å². The SMILES string of the molecule is Cc1cccc(-c2nnc(SC[C@@H]3C[NH2+][C@H](c4ccc(N(C)C)cc4)O3)o2)c1. The van der Waals surface area contributed by atoms with Crippen molar-refractivity contribution in [3.05, 3.63) is 59.7 Å². The van der Waals surface area contributed by atoms with Gasteiger partial charge in [-0.3, -0.25) is 0 Å². The number of hydrogen-bond donors (Lipinski definition) is 1. The number of aromatic nitrogens is 2.